The number of methoxy groups -OCH3 is 1. The molecule has 0 aliphatic carbocycles. The maximum Gasteiger partial charge on any atom is 0.331 e. The van der Waals surface area contributed by atoms with Gasteiger partial charge in [-0.05, 0) is 59.0 Å². The van der Waals surface area contributed by atoms with Crippen LogP contribution in [0.2, 0.25) is 25.1 Å². The van der Waals surface area contributed by atoms with Crippen molar-refractivity contribution in [2.24, 2.45) is 5.92 Å². The van der Waals surface area contributed by atoms with Gasteiger partial charge in [0.15, 0.2) is 5.75 Å². The standard InChI is InChI=1S/C19H34O3.C6HCl5O/c1-15(2)22-18(20)14-17(4)11-8-10-16(3)12-9-13-19(5,6)21-7;7-1-2(8)4(10)6(12)5(11)3(1)9/h8,11,14-16H,9-10,12-13H2,1-7H3;12H/b11-8+,17-14+;. The Balaban J connectivity index is 0.000000757. The molecule has 1 N–H and O–H groups in total. The van der Waals surface area contributed by atoms with Crippen LogP contribution in [0, 0.1) is 5.92 Å². The molecule has 0 heterocycles. The topological polar surface area (TPSA) is 55.8 Å². The molecule has 1 atom stereocenters. The van der Waals surface area contributed by atoms with Crippen LogP contribution in [-0.2, 0) is 14.3 Å². The van der Waals surface area contributed by atoms with Crippen LogP contribution < -0.4 is 0 Å². The molecule has 4 nitrogen and oxygen atoms in total. The average Bonchev–Trinajstić information content (AvgIpc) is 2.74. The lowest BCUT2D eigenvalue weighted by molar-refractivity contribution is -0.141. The Morgan fingerprint density at radius 1 is 1.00 bits per heavy atom. The van der Waals surface area contributed by atoms with Crippen molar-refractivity contribution in [1.82, 2.24) is 0 Å². The maximum absolute atomic E-state index is 11.5. The lowest BCUT2D eigenvalue weighted by atomic mass is 9.95. The van der Waals surface area contributed by atoms with Crippen molar-refractivity contribution in [1.29, 1.82) is 0 Å². The molecule has 0 amide bonds. The Hall–Kier alpha value is -0.620. The van der Waals surface area contributed by atoms with Crippen molar-refractivity contribution in [3.8, 4) is 5.75 Å². The molecule has 34 heavy (non-hydrogen) atoms. The number of phenols is 1. The van der Waals surface area contributed by atoms with Gasteiger partial charge in [-0.15, -0.1) is 0 Å². The molecule has 9 heteroatoms. The van der Waals surface area contributed by atoms with E-state index in [-0.39, 0.29) is 48.5 Å². The van der Waals surface area contributed by atoms with Gasteiger partial charge >= 0.3 is 5.97 Å². The third-order valence-electron chi connectivity index (χ3n) is 4.83. The van der Waals surface area contributed by atoms with E-state index in [4.69, 9.17) is 67.5 Å². The SMILES string of the molecule is COC(C)(C)CCCC(C)C/C=C/C(C)=C/C(=O)OC(C)C.Oc1c(Cl)c(Cl)c(Cl)c(Cl)c1Cl. The molecular formula is C25H35Cl5O4. The van der Waals surface area contributed by atoms with Crippen LogP contribution in [0.5, 0.6) is 5.75 Å². The monoisotopic (exact) mass is 574 g/mol. The molecule has 1 unspecified atom stereocenters. The quantitative estimate of drug-likeness (QED) is 0.0990. The summed E-state index contributed by atoms with van der Waals surface area (Å²) < 4.78 is 10.5. The molecular weight excluding hydrogens is 542 g/mol. The Morgan fingerprint density at radius 3 is 1.97 bits per heavy atom. The summed E-state index contributed by atoms with van der Waals surface area (Å²) in [5.74, 6) is 0.00375. The van der Waals surface area contributed by atoms with E-state index in [2.05, 4.69) is 26.8 Å². The fourth-order valence-electron chi connectivity index (χ4n) is 2.68. The molecule has 0 saturated heterocycles. The molecule has 1 aromatic rings. The highest BCUT2D eigenvalue weighted by Gasteiger charge is 2.18. The first-order valence-electron chi connectivity index (χ1n) is 10.9. The zero-order valence-electron chi connectivity index (χ0n) is 20.8. The highest BCUT2D eigenvalue weighted by molar-refractivity contribution is 6.55. The number of hydrogen-bond donors (Lipinski definition) is 1. The molecule has 0 spiro atoms. The highest BCUT2D eigenvalue weighted by Crippen LogP contribution is 2.47. The van der Waals surface area contributed by atoms with Crippen LogP contribution in [0.3, 0.4) is 0 Å². The lowest BCUT2D eigenvalue weighted by Gasteiger charge is -2.23. The molecule has 0 aliphatic heterocycles. The van der Waals surface area contributed by atoms with Gasteiger partial charge in [-0.2, -0.15) is 0 Å². The summed E-state index contributed by atoms with van der Waals surface area (Å²) in [5.41, 5.74) is 0.907. The number of phenolic OH excluding ortho intramolecular Hbond substituents is 1. The maximum atomic E-state index is 11.5. The fourth-order valence-corrected chi connectivity index (χ4v) is 3.80. The summed E-state index contributed by atoms with van der Waals surface area (Å²) in [6.45, 7) is 12.1. The summed E-state index contributed by atoms with van der Waals surface area (Å²) >= 11 is 27.9. The Kier molecular flexibility index (Phi) is 15.9. The van der Waals surface area contributed by atoms with Gasteiger partial charge in [0.05, 0.1) is 26.8 Å². The van der Waals surface area contributed by atoms with Crippen molar-refractivity contribution < 1.29 is 19.4 Å². The first-order valence-corrected chi connectivity index (χ1v) is 12.8. The Bertz CT molecular complexity index is 758. The number of rotatable bonds is 10. The number of aromatic hydroxyl groups is 1. The summed E-state index contributed by atoms with van der Waals surface area (Å²) in [5, 5.41) is 9.01. The summed E-state index contributed by atoms with van der Waals surface area (Å²) in [6, 6.07) is 0. The van der Waals surface area contributed by atoms with Gasteiger partial charge in [0, 0.05) is 13.2 Å². The minimum atomic E-state index is -0.363. The number of carbonyl (C=O) groups excluding carboxylic acids is 1. The fraction of sp³-hybridized carbons (Fsp3) is 0.560. The summed E-state index contributed by atoms with van der Waals surface area (Å²) in [6.07, 6.45) is 10.1. The van der Waals surface area contributed by atoms with Gasteiger partial charge in [-0.1, -0.05) is 89.9 Å². The predicted molar refractivity (Wildman–Crippen MR) is 146 cm³/mol. The van der Waals surface area contributed by atoms with Crippen molar-refractivity contribution in [2.45, 2.75) is 78.9 Å². The Morgan fingerprint density at radius 2 is 1.50 bits per heavy atom. The second-order valence-electron chi connectivity index (χ2n) is 8.89. The van der Waals surface area contributed by atoms with Crippen LogP contribution in [0.15, 0.2) is 23.8 Å². The minimum absolute atomic E-state index is 0.00904. The number of hydrogen-bond acceptors (Lipinski definition) is 4. The molecule has 0 fully saturated rings. The van der Waals surface area contributed by atoms with Crippen molar-refractivity contribution >= 4 is 64.0 Å². The highest BCUT2D eigenvalue weighted by atomic mass is 35.5. The number of halogens is 5. The second-order valence-corrected chi connectivity index (χ2v) is 10.8. The molecule has 0 saturated carbocycles. The average molecular weight is 577 g/mol. The number of carbonyl (C=O) groups is 1. The minimum Gasteiger partial charge on any atom is -0.505 e. The van der Waals surface area contributed by atoms with Gasteiger partial charge < -0.3 is 14.6 Å². The summed E-state index contributed by atoms with van der Waals surface area (Å²) in [7, 11) is 1.77. The first-order chi connectivity index (χ1) is 15.6. The third-order valence-corrected chi connectivity index (χ3v) is 7.09. The van der Waals surface area contributed by atoms with E-state index in [0.29, 0.717) is 5.92 Å². The van der Waals surface area contributed by atoms with E-state index in [1.165, 1.54) is 12.8 Å². The molecule has 0 aromatic heterocycles. The van der Waals surface area contributed by atoms with Crippen LogP contribution >= 0.6 is 58.0 Å². The van der Waals surface area contributed by atoms with Crippen LogP contribution in [0.1, 0.15) is 67.2 Å². The number of esters is 1. The molecule has 1 rings (SSSR count). The first kappa shape index (κ1) is 33.4. The van der Waals surface area contributed by atoms with Crippen molar-refractivity contribution in [3.05, 3.63) is 48.9 Å². The van der Waals surface area contributed by atoms with E-state index in [1.54, 1.807) is 13.2 Å². The molecule has 0 aliphatic rings. The molecule has 194 valence electrons. The van der Waals surface area contributed by atoms with E-state index in [1.807, 2.05) is 26.8 Å². The summed E-state index contributed by atoms with van der Waals surface area (Å²) in [4.78, 5) is 11.5. The van der Waals surface area contributed by atoms with E-state index < -0.39 is 0 Å². The smallest absolute Gasteiger partial charge is 0.331 e. The molecule has 0 radical (unpaired) electrons. The van der Waals surface area contributed by atoms with E-state index in [0.717, 1.165) is 18.4 Å². The van der Waals surface area contributed by atoms with Crippen LogP contribution in [0.4, 0.5) is 0 Å². The molecule has 1 aromatic carbocycles. The van der Waals surface area contributed by atoms with Gasteiger partial charge in [-0.3, -0.25) is 0 Å². The number of allylic oxidation sites excluding steroid dienone is 3. The number of benzene rings is 1. The van der Waals surface area contributed by atoms with Crippen LogP contribution in [0.25, 0.3) is 0 Å². The third kappa shape index (κ3) is 12.9. The van der Waals surface area contributed by atoms with Gasteiger partial charge in [0.1, 0.15) is 10.0 Å². The van der Waals surface area contributed by atoms with Crippen molar-refractivity contribution in [2.75, 3.05) is 7.11 Å². The van der Waals surface area contributed by atoms with Gasteiger partial charge in [-0.25, -0.2) is 4.79 Å². The van der Waals surface area contributed by atoms with Gasteiger partial charge in [0.2, 0.25) is 0 Å². The zero-order chi connectivity index (χ0) is 26.6. The largest absolute Gasteiger partial charge is 0.505 e. The van der Waals surface area contributed by atoms with Crippen LogP contribution in [-0.4, -0.2) is 29.9 Å². The van der Waals surface area contributed by atoms with E-state index in [9.17, 15) is 9.90 Å². The predicted octanol–water partition coefficient (Wildman–Crippen LogP) is 9.72. The molecule has 0 bridgehead atoms. The Labute approximate surface area is 229 Å². The van der Waals surface area contributed by atoms with Crippen molar-refractivity contribution in [3.63, 3.8) is 0 Å². The normalized spacial score (nSPS) is 13.1. The van der Waals surface area contributed by atoms with Gasteiger partial charge in [0.25, 0.3) is 0 Å². The number of ether oxygens (including phenoxy) is 2. The lowest BCUT2D eigenvalue weighted by Crippen LogP contribution is -2.22. The zero-order valence-corrected chi connectivity index (χ0v) is 24.6. The second kappa shape index (κ2) is 16.2. The van der Waals surface area contributed by atoms with E-state index >= 15 is 0 Å².